The molecule has 0 saturated carbocycles. The summed E-state index contributed by atoms with van der Waals surface area (Å²) in [6, 6.07) is 10.7. The Morgan fingerprint density at radius 2 is 1.90 bits per heavy atom. The molecular formula is C20H20FN3O4S. The number of carbonyl (C=O) groups is 1. The maximum Gasteiger partial charge on any atom is 0.256 e. The van der Waals surface area contributed by atoms with Crippen molar-refractivity contribution >= 4 is 32.5 Å². The Labute approximate surface area is 167 Å². The van der Waals surface area contributed by atoms with Crippen LogP contribution in [0.1, 0.15) is 10.4 Å². The van der Waals surface area contributed by atoms with Crippen LogP contribution in [0.3, 0.4) is 0 Å². The lowest BCUT2D eigenvalue weighted by atomic mass is 10.1. The number of anilines is 1. The van der Waals surface area contributed by atoms with Crippen molar-refractivity contribution in [3.8, 4) is 0 Å². The van der Waals surface area contributed by atoms with Gasteiger partial charge in [0.05, 0.1) is 13.2 Å². The van der Waals surface area contributed by atoms with Crippen LogP contribution in [0.5, 0.6) is 0 Å². The maximum absolute atomic E-state index is 14.3. The first-order valence-electron chi connectivity index (χ1n) is 9.11. The number of morpholine rings is 1. The van der Waals surface area contributed by atoms with Crippen LogP contribution in [-0.4, -0.2) is 49.5 Å². The Kier molecular flexibility index (Phi) is 5.12. The van der Waals surface area contributed by atoms with E-state index in [4.69, 9.17) is 4.74 Å². The summed E-state index contributed by atoms with van der Waals surface area (Å²) < 4.78 is 48.2. The Bertz CT molecular complexity index is 1180. The second-order valence-electron chi connectivity index (χ2n) is 6.78. The second kappa shape index (κ2) is 7.58. The Hall–Kier alpha value is -2.75. The van der Waals surface area contributed by atoms with Crippen LogP contribution in [0.2, 0.25) is 0 Å². The molecule has 1 aliphatic rings. The first-order valence-corrected chi connectivity index (χ1v) is 10.5. The number of sulfonamides is 1. The molecule has 0 radical (unpaired) electrons. The number of aryl methyl sites for hydroxylation is 1. The molecule has 1 saturated heterocycles. The van der Waals surface area contributed by atoms with Gasteiger partial charge in [0.15, 0.2) is 0 Å². The molecule has 3 aromatic rings. The molecule has 29 heavy (non-hydrogen) atoms. The molecule has 9 heteroatoms. The topological polar surface area (TPSA) is 80.6 Å². The van der Waals surface area contributed by atoms with Crippen LogP contribution >= 0.6 is 0 Å². The summed E-state index contributed by atoms with van der Waals surface area (Å²) in [5, 5.41) is 3.45. The van der Waals surface area contributed by atoms with Gasteiger partial charge in [-0.05, 0) is 36.4 Å². The summed E-state index contributed by atoms with van der Waals surface area (Å²) in [5.41, 5.74) is 1.55. The van der Waals surface area contributed by atoms with Crippen LogP contribution in [0.25, 0.3) is 10.9 Å². The predicted octanol–water partition coefficient (Wildman–Crippen LogP) is 2.59. The van der Waals surface area contributed by atoms with Gasteiger partial charge in [0.2, 0.25) is 10.0 Å². The third-order valence-electron chi connectivity index (χ3n) is 4.95. The minimum atomic E-state index is -4.02. The van der Waals surface area contributed by atoms with Crippen molar-refractivity contribution in [2.24, 2.45) is 7.05 Å². The number of fused-ring (bicyclic) bond motifs is 1. The van der Waals surface area contributed by atoms with Crippen LogP contribution in [0.4, 0.5) is 10.1 Å². The molecule has 7 nitrogen and oxygen atoms in total. The fourth-order valence-corrected chi connectivity index (χ4v) is 4.90. The molecule has 0 spiro atoms. The van der Waals surface area contributed by atoms with E-state index in [1.807, 2.05) is 29.9 Å². The first-order chi connectivity index (χ1) is 13.9. The van der Waals surface area contributed by atoms with Gasteiger partial charge in [0.25, 0.3) is 5.91 Å². The summed E-state index contributed by atoms with van der Waals surface area (Å²) in [7, 11) is -2.14. The van der Waals surface area contributed by atoms with E-state index in [1.54, 1.807) is 12.1 Å². The Balaban J connectivity index is 1.64. The third-order valence-corrected chi connectivity index (χ3v) is 6.86. The number of ether oxygens (including phenoxy) is 1. The molecule has 152 valence electrons. The van der Waals surface area contributed by atoms with Crippen molar-refractivity contribution in [3.63, 3.8) is 0 Å². The molecule has 2 heterocycles. The highest BCUT2D eigenvalue weighted by atomic mass is 32.2. The summed E-state index contributed by atoms with van der Waals surface area (Å²) in [6.45, 7) is 0.847. The molecule has 1 aromatic heterocycles. The lowest BCUT2D eigenvalue weighted by molar-refractivity contribution is 0.0729. The van der Waals surface area contributed by atoms with E-state index < -0.39 is 26.6 Å². The number of halogens is 1. The van der Waals surface area contributed by atoms with Crippen molar-refractivity contribution < 1.29 is 22.3 Å². The molecule has 1 N–H and O–H groups in total. The largest absolute Gasteiger partial charge is 0.379 e. The Morgan fingerprint density at radius 1 is 1.14 bits per heavy atom. The number of nitrogens with zero attached hydrogens (tertiary/aromatic N) is 2. The number of hydrogen-bond acceptors (Lipinski definition) is 4. The van der Waals surface area contributed by atoms with Crippen LogP contribution in [0, 0.1) is 5.82 Å². The lowest BCUT2D eigenvalue weighted by Crippen LogP contribution is -2.40. The van der Waals surface area contributed by atoms with Crippen molar-refractivity contribution in [1.82, 2.24) is 8.87 Å². The van der Waals surface area contributed by atoms with Gasteiger partial charge in [0.1, 0.15) is 10.7 Å². The quantitative estimate of drug-likeness (QED) is 0.708. The predicted molar refractivity (Wildman–Crippen MR) is 107 cm³/mol. The zero-order chi connectivity index (χ0) is 20.6. The van der Waals surface area contributed by atoms with E-state index in [0.717, 1.165) is 23.0 Å². The molecule has 0 unspecified atom stereocenters. The van der Waals surface area contributed by atoms with E-state index in [1.165, 1.54) is 10.4 Å². The normalized spacial score (nSPS) is 15.5. The SMILES string of the molecule is Cn1ccc2c(C(=O)Nc3ccc(F)c(S(=O)(=O)N4CCOCC4)c3)cccc21. The molecule has 4 rings (SSSR count). The molecule has 1 aliphatic heterocycles. The third kappa shape index (κ3) is 3.64. The number of benzene rings is 2. The highest BCUT2D eigenvalue weighted by molar-refractivity contribution is 7.89. The molecular weight excluding hydrogens is 397 g/mol. The number of hydrogen-bond donors (Lipinski definition) is 1. The lowest BCUT2D eigenvalue weighted by Gasteiger charge is -2.26. The number of aromatic nitrogens is 1. The van der Waals surface area contributed by atoms with E-state index >= 15 is 0 Å². The standard InChI is InChI=1S/C20H20FN3O4S/c1-23-8-7-15-16(3-2-4-18(15)23)20(25)22-14-5-6-17(21)19(13-14)29(26,27)24-9-11-28-12-10-24/h2-8,13H,9-12H2,1H3,(H,22,25). The number of rotatable bonds is 4. The van der Waals surface area contributed by atoms with Crippen LogP contribution in [0.15, 0.2) is 53.6 Å². The van der Waals surface area contributed by atoms with Crippen molar-refractivity contribution in [1.29, 1.82) is 0 Å². The molecule has 2 aromatic carbocycles. The summed E-state index contributed by atoms with van der Waals surface area (Å²) in [5.74, 6) is -1.26. The van der Waals surface area contributed by atoms with E-state index in [-0.39, 0.29) is 32.0 Å². The average molecular weight is 417 g/mol. The molecule has 0 bridgehead atoms. The Morgan fingerprint density at radius 3 is 2.66 bits per heavy atom. The van der Waals surface area contributed by atoms with E-state index in [0.29, 0.717) is 5.56 Å². The second-order valence-corrected chi connectivity index (χ2v) is 8.69. The zero-order valence-electron chi connectivity index (χ0n) is 15.8. The van der Waals surface area contributed by atoms with Crippen molar-refractivity contribution in [2.45, 2.75) is 4.90 Å². The van der Waals surface area contributed by atoms with Gasteiger partial charge in [0, 0.05) is 48.5 Å². The van der Waals surface area contributed by atoms with E-state index in [9.17, 15) is 17.6 Å². The minimum Gasteiger partial charge on any atom is -0.379 e. The van der Waals surface area contributed by atoms with Crippen LogP contribution < -0.4 is 5.32 Å². The molecule has 1 amide bonds. The van der Waals surface area contributed by atoms with Gasteiger partial charge in [-0.1, -0.05) is 6.07 Å². The van der Waals surface area contributed by atoms with Crippen molar-refractivity contribution in [2.75, 3.05) is 31.6 Å². The summed E-state index contributed by atoms with van der Waals surface area (Å²) >= 11 is 0. The molecule has 0 atom stereocenters. The van der Waals surface area contributed by atoms with Gasteiger partial charge in [-0.2, -0.15) is 4.31 Å². The van der Waals surface area contributed by atoms with Gasteiger partial charge >= 0.3 is 0 Å². The number of amides is 1. The zero-order valence-corrected chi connectivity index (χ0v) is 16.6. The highest BCUT2D eigenvalue weighted by Crippen LogP contribution is 2.25. The average Bonchev–Trinajstić information content (AvgIpc) is 3.11. The number of nitrogens with one attached hydrogen (secondary N) is 1. The van der Waals surface area contributed by atoms with E-state index in [2.05, 4.69) is 5.32 Å². The van der Waals surface area contributed by atoms with Gasteiger partial charge in [-0.15, -0.1) is 0 Å². The maximum atomic E-state index is 14.3. The summed E-state index contributed by atoms with van der Waals surface area (Å²) in [6.07, 6.45) is 1.85. The van der Waals surface area contributed by atoms with Crippen LogP contribution in [-0.2, 0) is 21.8 Å². The minimum absolute atomic E-state index is 0.161. The fourth-order valence-electron chi connectivity index (χ4n) is 3.40. The molecule has 0 aliphatic carbocycles. The first kappa shape index (κ1) is 19.6. The summed E-state index contributed by atoms with van der Waals surface area (Å²) in [4.78, 5) is 12.3. The van der Waals surface area contributed by atoms with Gasteiger partial charge < -0.3 is 14.6 Å². The smallest absolute Gasteiger partial charge is 0.256 e. The highest BCUT2D eigenvalue weighted by Gasteiger charge is 2.29. The number of carbonyl (C=O) groups excluding carboxylic acids is 1. The van der Waals surface area contributed by atoms with Gasteiger partial charge in [-0.3, -0.25) is 4.79 Å². The fraction of sp³-hybridized carbons (Fsp3) is 0.250. The monoisotopic (exact) mass is 417 g/mol. The molecule has 1 fully saturated rings. The van der Waals surface area contributed by atoms with Crippen molar-refractivity contribution in [3.05, 3.63) is 60.0 Å². The van der Waals surface area contributed by atoms with Gasteiger partial charge in [-0.25, -0.2) is 12.8 Å².